The predicted molar refractivity (Wildman–Crippen MR) is 109 cm³/mol. The molecule has 0 spiro atoms. The summed E-state index contributed by atoms with van der Waals surface area (Å²) in [7, 11) is 2.27. The molecule has 25 heavy (non-hydrogen) atoms. The molecule has 0 bridgehead atoms. The highest BCUT2D eigenvalue weighted by Gasteiger charge is 2.29. The van der Waals surface area contributed by atoms with Crippen LogP contribution in [0.15, 0.2) is 12.7 Å². The highest BCUT2D eigenvalue weighted by Crippen LogP contribution is 2.14. The number of nitrogens with zero attached hydrogens (tertiary/aromatic N) is 2. The highest BCUT2D eigenvalue weighted by atomic mass is 16.2. The lowest BCUT2D eigenvalue weighted by Crippen LogP contribution is -2.58. The van der Waals surface area contributed by atoms with Gasteiger partial charge in [-0.2, -0.15) is 0 Å². The monoisotopic (exact) mass is 351 g/mol. The van der Waals surface area contributed by atoms with Crippen LogP contribution in [-0.2, 0) is 4.79 Å². The molecule has 3 nitrogen and oxygen atoms in total. The number of carbonyl (C=O) groups excluding carboxylic acids is 1. The summed E-state index contributed by atoms with van der Waals surface area (Å²) < 4.78 is 1.03. The van der Waals surface area contributed by atoms with Crippen LogP contribution < -0.4 is 0 Å². The quantitative estimate of drug-likeness (QED) is 0.240. The van der Waals surface area contributed by atoms with E-state index >= 15 is 0 Å². The van der Waals surface area contributed by atoms with E-state index in [4.69, 9.17) is 0 Å². The summed E-state index contributed by atoms with van der Waals surface area (Å²) in [5, 5.41) is 0. The molecule has 0 aromatic rings. The van der Waals surface area contributed by atoms with Gasteiger partial charge >= 0.3 is 0 Å². The van der Waals surface area contributed by atoms with Gasteiger partial charge in [0.25, 0.3) is 0 Å². The van der Waals surface area contributed by atoms with Crippen molar-refractivity contribution in [3.63, 3.8) is 0 Å². The first-order valence-corrected chi connectivity index (χ1v) is 10.8. The predicted octanol–water partition coefficient (Wildman–Crippen LogP) is 5.16. The van der Waals surface area contributed by atoms with Crippen LogP contribution in [0.5, 0.6) is 0 Å². The molecule has 1 saturated heterocycles. The standard InChI is InChI=1S/C22H43N2O/c1-4-6-7-8-9-10-11-12-13-14-15-16-22(25)23-17-20-24(3,19-5-2)21-18-23/h5H,2,4,6-21H2,1,3H3/q+1. The van der Waals surface area contributed by atoms with Crippen molar-refractivity contribution in [3.8, 4) is 0 Å². The number of amides is 1. The third-order valence-corrected chi connectivity index (χ3v) is 5.74. The van der Waals surface area contributed by atoms with Gasteiger partial charge in [0, 0.05) is 6.42 Å². The Bertz CT molecular complexity index is 359. The molecule has 1 heterocycles. The molecule has 146 valence electrons. The summed E-state index contributed by atoms with van der Waals surface area (Å²) in [6.45, 7) is 11.1. The fourth-order valence-electron chi connectivity index (χ4n) is 3.79. The van der Waals surface area contributed by atoms with Crippen LogP contribution in [0.4, 0.5) is 0 Å². The number of rotatable bonds is 14. The maximum Gasteiger partial charge on any atom is 0.222 e. The van der Waals surface area contributed by atoms with Crippen LogP contribution in [0.25, 0.3) is 0 Å². The van der Waals surface area contributed by atoms with Crippen LogP contribution in [0.1, 0.15) is 84.0 Å². The molecule has 1 aliphatic rings. The minimum atomic E-state index is 0.376. The Kier molecular flexibility index (Phi) is 11.9. The van der Waals surface area contributed by atoms with Gasteiger partial charge in [-0.25, -0.2) is 0 Å². The van der Waals surface area contributed by atoms with Crippen LogP contribution in [-0.4, -0.2) is 55.1 Å². The topological polar surface area (TPSA) is 20.3 Å². The lowest BCUT2D eigenvalue weighted by atomic mass is 10.0. The molecule has 3 heteroatoms. The number of hydrogen-bond acceptors (Lipinski definition) is 1. The number of quaternary nitrogens is 1. The van der Waals surface area contributed by atoms with Gasteiger partial charge in [-0.1, -0.05) is 77.7 Å². The first-order valence-electron chi connectivity index (χ1n) is 10.8. The van der Waals surface area contributed by atoms with Crippen LogP contribution in [0.2, 0.25) is 0 Å². The number of carbonyl (C=O) groups is 1. The molecule has 1 aliphatic heterocycles. The van der Waals surface area contributed by atoms with Gasteiger partial charge in [-0.15, -0.1) is 0 Å². The molecule has 0 radical (unpaired) electrons. The lowest BCUT2D eigenvalue weighted by molar-refractivity contribution is -0.907. The smallest absolute Gasteiger partial charge is 0.222 e. The van der Waals surface area contributed by atoms with Crippen molar-refractivity contribution in [2.24, 2.45) is 0 Å². The zero-order valence-electron chi connectivity index (χ0n) is 17.1. The number of likely N-dealkylation sites (N-methyl/N-ethyl adjacent to an activating group) is 1. The Morgan fingerprint density at radius 3 is 1.88 bits per heavy atom. The minimum absolute atomic E-state index is 0.376. The van der Waals surface area contributed by atoms with E-state index in [1.54, 1.807) is 0 Å². The van der Waals surface area contributed by atoms with E-state index in [2.05, 4.69) is 25.5 Å². The van der Waals surface area contributed by atoms with E-state index in [0.717, 1.165) is 50.0 Å². The third-order valence-electron chi connectivity index (χ3n) is 5.74. The van der Waals surface area contributed by atoms with E-state index in [-0.39, 0.29) is 0 Å². The van der Waals surface area contributed by atoms with Gasteiger partial charge in [-0.05, 0) is 12.5 Å². The van der Waals surface area contributed by atoms with Crippen molar-refractivity contribution in [1.82, 2.24) is 4.90 Å². The molecular weight excluding hydrogens is 308 g/mol. The lowest BCUT2D eigenvalue weighted by Gasteiger charge is -2.41. The van der Waals surface area contributed by atoms with Crippen LogP contribution >= 0.6 is 0 Å². The Balaban J connectivity index is 1.95. The Labute approximate surface area is 157 Å². The van der Waals surface area contributed by atoms with E-state index < -0.39 is 0 Å². The fraction of sp³-hybridized carbons (Fsp3) is 0.864. The molecule has 1 fully saturated rings. The first-order chi connectivity index (χ1) is 12.1. The fourth-order valence-corrected chi connectivity index (χ4v) is 3.79. The summed E-state index contributed by atoms with van der Waals surface area (Å²) >= 11 is 0. The van der Waals surface area contributed by atoms with Crippen molar-refractivity contribution in [2.45, 2.75) is 84.0 Å². The van der Waals surface area contributed by atoms with Crippen molar-refractivity contribution in [3.05, 3.63) is 12.7 Å². The van der Waals surface area contributed by atoms with Crippen molar-refractivity contribution in [1.29, 1.82) is 0 Å². The van der Waals surface area contributed by atoms with E-state index in [1.807, 2.05) is 6.08 Å². The molecule has 0 N–H and O–H groups in total. The minimum Gasteiger partial charge on any atom is -0.331 e. The summed E-state index contributed by atoms with van der Waals surface area (Å²) in [5.41, 5.74) is 0. The molecule has 1 rings (SSSR count). The summed E-state index contributed by atoms with van der Waals surface area (Å²) in [4.78, 5) is 14.4. The number of piperazine rings is 1. The molecule has 1 amide bonds. The van der Waals surface area contributed by atoms with Gasteiger partial charge in [0.05, 0.1) is 39.8 Å². The molecule has 0 aliphatic carbocycles. The SMILES string of the molecule is C=CC[N+]1(C)CCN(C(=O)CCCCCCCCCCCCC)CC1. The van der Waals surface area contributed by atoms with Gasteiger partial charge in [0.2, 0.25) is 5.91 Å². The molecule has 0 aromatic carbocycles. The van der Waals surface area contributed by atoms with Gasteiger partial charge < -0.3 is 9.38 Å². The number of unbranched alkanes of at least 4 members (excludes halogenated alkanes) is 10. The zero-order valence-corrected chi connectivity index (χ0v) is 17.1. The number of hydrogen-bond donors (Lipinski definition) is 0. The molecule has 0 saturated carbocycles. The summed E-state index contributed by atoms with van der Waals surface area (Å²) in [5.74, 6) is 0.376. The molecule has 0 atom stereocenters. The van der Waals surface area contributed by atoms with Gasteiger partial charge in [0.15, 0.2) is 0 Å². The molecule has 0 aromatic heterocycles. The molecule has 0 unspecified atom stereocenters. The maximum absolute atomic E-state index is 12.3. The van der Waals surface area contributed by atoms with Crippen molar-refractivity contribution >= 4 is 5.91 Å². The van der Waals surface area contributed by atoms with Gasteiger partial charge in [0.1, 0.15) is 0 Å². The second-order valence-corrected chi connectivity index (χ2v) is 8.20. The zero-order chi connectivity index (χ0) is 18.4. The Morgan fingerprint density at radius 1 is 0.920 bits per heavy atom. The van der Waals surface area contributed by atoms with Gasteiger partial charge in [-0.3, -0.25) is 4.79 Å². The third kappa shape index (κ3) is 10.0. The van der Waals surface area contributed by atoms with E-state index in [9.17, 15) is 4.79 Å². The average molecular weight is 352 g/mol. The van der Waals surface area contributed by atoms with Crippen LogP contribution in [0, 0.1) is 0 Å². The Hall–Kier alpha value is -0.830. The summed E-state index contributed by atoms with van der Waals surface area (Å²) in [6, 6.07) is 0. The largest absolute Gasteiger partial charge is 0.331 e. The summed E-state index contributed by atoms with van der Waals surface area (Å²) in [6.07, 6.45) is 17.5. The van der Waals surface area contributed by atoms with Crippen LogP contribution in [0.3, 0.4) is 0 Å². The van der Waals surface area contributed by atoms with E-state index in [0.29, 0.717) is 5.91 Å². The van der Waals surface area contributed by atoms with Crippen molar-refractivity contribution < 1.29 is 9.28 Å². The average Bonchev–Trinajstić information content (AvgIpc) is 2.60. The normalized spacial score (nSPS) is 16.8. The van der Waals surface area contributed by atoms with Crippen molar-refractivity contribution in [2.75, 3.05) is 39.8 Å². The second-order valence-electron chi connectivity index (χ2n) is 8.20. The molecular formula is C22H43N2O+. The first kappa shape index (κ1) is 22.2. The van der Waals surface area contributed by atoms with E-state index in [1.165, 1.54) is 64.2 Å². The highest BCUT2D eigenvalue weighted by molar-refractivity contribution is 5.76. The Morgan fingerprint density at radius 2 is 1.40 bits per heavy atom. The maximum atomic E-state index is 12.3. The second kappa shape index (κ2) is 13.4.